The minimum Gasteiger partial charge on any atom is -0.343 e. The van der Waals surface area contributed by atoms with Crippen molar-refractivity contribution in [1.29, 1.82) is 0 Å². The Morgan fingerprint density at radius 1 is 1.25 bits per heavy atom. The molecule has 0 heterocycles. The molecule has 0 saturated heterocycles. The van der Waals surface area contributed by atoms with Crippen molar-refractivity contribution < 1.29 is 4.92 Å². The topological polar surface area (TPSA) is 46.4 Å². The zero-order valence-electron chi connectivity index (χ0n) is 11.3. The lowest BCUT2D eigenvalue weighted by Gasteiger charge is -2.23. The highest BCUT2D eigenvalue weighted by Gasteiger charge is 2.18. The molecule has 0 radical (unpaired) electrons. The van der Waals surface area contributed by atoms with E-state index in [-0.39, 0.29) is 5.69 Å². The summed E-state index contributed by atoms with van der Waals surface area (Å²) >= 11 is 6.26. The fourth-order valence-corrected chi connectivity index (χ4v) is 2.53. The highest BCUT2D eigenvalue weighted by Crippen LogP contribution is 2.37. The van der Waals surface area contributed by atoms with E-state index in [1.807, 2.05) is 49.2 Å². The first-order valence-corrected chi connectivity index (χ1v) is 6.68. The molecule has 20 heavy (non-hydrogen) atoms. The summed E-state index contributed by atoms with van der Waals surface area (Å²) in [5.74, 6) is 0. The van der Waals surface area contributed by atoms with E-state index in [1.165, 1.54) is 6.07 Å². The first-order chi connectivity index (χ1) is 9.54. The van der Waals surface area contributed by atoms with Gasteiger partial charge in [-0.1, -0.05) is 36.7 Å². The average molecular weight is 291 g/mol. The maximum absolute atomic E-state index is 10.9. The van der Waals surface area contributed by atoms with Crippen LogP contribution in [-0.4, -0.2) is 12.0 Å². The number of non-ortho nitro benzene ring substituents is 1. The second-order valence-corrected chi connectivity index (χ2v) is 4.85. The molecule has 0 atom stereocenters. The van der Waals surface area contributed by atoms with E-state index in [1.54, 1.807) is 6.07 Å². The van der Waals surface area contributed by atoms with Crippen molar-refractivity contribution in [3.63, 3.8) is 0 Å². The molecule has 0 spiro atoms. The number of anilines is 2. The molecule has 0 fully saturated rings. The minimum atomic E-state index is -0.419. The van der Waals surface area contributed by atoms with Crippen molar-refractivity contribution in [2.45, 2.75) is 13.3 Å². The zero-order chi connectivity index (χ0) is 14.7. The van der Waals surface area contributed by atoms with Crippen molar-refractivity contribution in [3.05, 3.63) is 63.2 Å². The molecule has 5 heteroatoms. The molecule has 2 aromatic carbocycles. The van der Waals surface area contributed by atoms with Crippen LogP contribution in [0.3, 0.4) is 0 Å². The molecule has 0 N–H and O–H groups in total. The third kappa shape index (κ3) is 2.75. The third-order valence-corrected chi connectivity index (χ3v) is 3.49. The fraction of sp³-hybridized carbons (Fsp3) is 0.200. The van der Waals surface area contributed by atoms with E-state index in [2.05, 4.69) is 0 Å². The van der Waals surface area contributed by atoms with Gasteiger partial charge in [0.15, 0.2) is 0 Å². The summed E-state index contributed by atoms with van der Waals surface area (Å²) in [4.78, 5) is 12.4. The van der Waals surface area contributed by atoms with E-state index in [9.17, 15) is 10.1 Å². The molecule has 0 saturated carbocycles. The molecule has 4 nitrogen and oxygen atoms in total. The first kappa shape index (κ1) is 14.3. The SMILES string of the molecule is CCc1cc([N+](=O)[O-])cc(Cl)c1N(C)c1ccccc1. The monoisotopic (exact) mass is 290 g/mol. The highest BCUT2D eigenvalue weighted by atomic mass is 35.5. The average Bonchev–Trinajstić information content (AvgIpc) is 2.46. The Balaban J connectivity index is 2.54. The number of nitro groups is 1. The number of rotatable bonds is 4. The highest BCUT2D eigenvalue weighted by molar-refractivity contribution is 6.33. The second kappa shape index (κ2) is 5.92. The minimum absolute atomic E-state index is 0.0251. The summed E-state index contributed by atoms with van der Waals surface area (Å²) in [6.45, 7) is 1.96. The summed E-state index contributed by atoms with van der Waals surface area (Å²) in [7, 11) is 1.90. The van der Waals surface area contributed by atoms with Gasteiger partial charge in [0.25, 0.3) is 5.69 Å². The summed E-state index contributed by atoms with van der Waals surface area (Å²) in [6, 6.07) is 12.7. The Hall–Kier alpha value is -2.07. The van der Waals surface area contributed by atoms with E-state index in [0.29, 0.717) is 11.4 Å². The Morgan fingerprint density at radius 2 is 1.90 bits per heavy atom. The van der Waals surface area contributed by atoms with Gasteiger partial charge in [-0.2, -0.15) is 0 Å². The van der Waals surface area contributed by atoms with Crippen LogP contribution in [-0.2, 0) is 6.42 Å². The summed E-state index contributed by atoms with van der Waals surface area (Å²) in [6.07, 6.45) is 0.675. The summed E-state index contributed by atoms with van der Waals surface area (Å²) in [5, 5.41) is 11.3. The van der Waals surface area contributed by atoms with Gasteiger partial charge in [0, 0.05) is 24.9 Å². The van der Waals surface area contributed by atoms with Gasteiger partial charge < -0.3 is 4.90 Å². The van der Waals surface area contributed by atoms with E-state index in [4.69, 9.17) is 11.6 Å². The molecule has 0 amide bonds. The van der Waals surface area contributed by atoms with Crippen molar-refractivity contribution in [2.75, 3.05) is 11.9 Å². The number of aryl methyl sites for hydroxylation is 1. The van der Waals surface area contributed by atoms with Gasteiger partial charge in [0.1, 0.15) is 0 Å². The van der Waals surface area contributed by atoms with Gasteiger partial charge in [0.05, 0.1) is 15.6 Å². The molecule has 104 valence electrons. The lowest BCUT2D eigenvalue weighted by atomic mass is 10.1. The molecule has 2 rings (SSSR count). The largest absolute Gasteiger partial charge is 0.343 e. The molecule has 0 aliphatic rings. The van der Waals surface area contributed by atoms with Crippen LogP contribution in [0.2, 0.25) is 5.02 Å². The zero-order valence-corrected chi connectivity index (χ0v) is 12.1. The smallest absolute Gasteiger partial charge is 0.271 e. The van der Waals surface area contributed by atoms with Gasteiger partial charge in [-0.25, -0.2) is 0 Å². The second-order valence-electron chi connectivity index (χ2n) is 4.44. The molecule has 0 bridgehead atoms. The Kier molecular flexibility index (Phi) is 4.25. The number of hydrogen-bond donors (Lipinski definition) is 0. The van der Waals surface area contributed by atoms with Gasteiger partial charge in [0.2, 0.25) is 0 Å². The third-order valence-electron chi connectivity index (χ3n) is 3.20. The van der Waals surface area contributed by atoms with Crippen molar-refractivity contribution in [1.82, 2.24) is 0 Å². The molecule has 2 aromatic rings. The van der Waals surface area contributed by atoms with Crippen LogP contribution in [0.1, 0.15) is 12.5 Å². The first-order valence-electron chi connectivity index (χ1n) is 6.30. The predicted octanol–water partition coefficient (Wildman–Crippen LogP) is 4.58. The van der Waals surface area contributed by atoms with Crippen LogP contribution in [0.5, 0.6) is 0 Å². The van der Waals surface area contributed by atoms with Crippen molar-refractivity contribution in [3.8, 4) is 0 Å². The summed E-state index contributed by atoms with van der Waals surface area (Å²) in [5.41, 5.74) is 2.68. The number of hydrogen-bond acceptors (Lipinski definition) is 3. The Labute approximate surface area is 122 Å². The Morgan fingerprint density at radius 3 is 2.45 bits per heavy atom. The number of halogens is 1. The molecular weight excluding hydrogens is 276 g/mol. The fourth-order valence-electron chi connectivity index (χ4n) is 2.17. The lowest BCUT2D eigenvalue weighted by Crippen LogP contribution is -2.12. The number of nitro benzene ring substituents is 1. The standard InChI is InChI=1S/C15H15ClN2O2/c1-3-11-9-13(18(19)20)10-14(16)15(11)17(2)12-7-5-4-6-8-12/h4-10H,3H2,1-2H3. The van der Waals surface area contributed by atoms with Crippen molar-refractivity contribution >= 4 is 28.7 Å². The normalized spacial score (nSPS) is 10.3. The quantitative estimate of drug-likeness (QED) is 0.611. The van der Waals surface area contributed by atoms with Gasteiger partial charge in [-0.15, -0.1) is 0 Å². The number of benzene rings is 2. The van der Waals surface area contributed by atoms with Gasteiger partial charge in [-0.05, 0) is 24.1 Å². The molecule has 0 aromatic heterocycles. The maximum Gasteiger partial charge on any atom is 0.271 e. The van der Waals surface area contributed by atoms with Crippen molar-refractivity contribution in [2.24, 2.45) is 0 Å². The van der Waals surface area contributed by atoms with Gasteiger partial charge >= 0.3 is 0 Å². The number of para-hydroxylation sites is 1. The van der Waals surface area contributed by atoms with Crippen LogP contribution in [0.4, 0.5) is 17.1 Å². The van der Waals surface area contributed by atoms with Crippen LogP contribution < -0.4 is 4.90 Å². The molecule has 0 aliphatic carbocycles. The summed E-state index contributed by atoms with van der Waals surface area (Å²) < 4.78 is 0. The van der Waals surface area contributed by atoms with Gasteiger partial charge in [-0.3, -0.25) is 10.1 Å². The lowest BCUT2D eigenvalue weighted by molar-refractivity contribution is -0.384. The van der Waals surface area contributed by atoms with Crippen LogP contribution in [0.25, 0.3) is 0 Å². The number of nitrogens with zero attached hydrogens (tertiary/aromatic N) is 2. The Bertz CT molecular complexity index is 629. The van der Waals surface area contributed by atoms with Crippen LogP contribution in [0, 0.1) is 10.1 Å². The molecule has 0 unspecified atom stereocenters. The van der Waals surface area contributed by atoms with E-state index >= 15 is 0 Å². The predicted molar refractivity (Wildman–Crippen MR) is 82.0 cm³/mol. The van der Waals surface area contributed by atoms with Crippen LogP contribution in [0.15, 0.2) is 42.5 Å². The molecular formula is C15H15ClN2O2. The molecule has 0 aliphatic heterocycles. The maximum atomic E-state index is 10.9. The van der Waals surface area contributed by atoms with Crippen LogP contribution >= 0.6 is 11.6 Å². The van der Waals surface area contributed by atoms with E-state index in [0.717, 1.165) is 16.9 Å². The van der Waals surface area contributed by atoms with E-state index < -0.39 is 4.92 Å².